The SMILES string of the molecule is CC(=O)N[C@H]1CCCN(Cc2csc(C)n2)[C@H]1Cc1cccc(F)c1. The normalized spacial score (nSPS) is 21.2. The van der Waals surface area contributed by atoms with Crippen molar-refractivity contribution in [1.29, 1.82) is 0 Å². The van der Waals surface area contributed by atoms with Gasteiger partial charge in [-0.15, -0.1) is 11.3 Å². The molecular weight excluding hydrogens is 337 g/mol. The quantitative estimate of drug-likeness (QED) is 0.889. The number of carbonyl (C=O) groups excluding carboxylic acids is 1. The molecule has 2 aromatic rings. The number of aromatic nitrogens is 1. The van der Waals surface area contributed by atoms with Gasteiger partial charge >= 0.3 is 0 Å². The lowest BCUT2D eigenvalue weighted by atomic mass is 9.90. The lowest BCUT2D eigenvalue weighted by molar-refractivity contribution is -0.120. The number of thiazole rings is 1. The van der Waals surface area contributed by atoms with Crippen LogP contribution in [0.25, 0.3) is 0 Å². The fourth-order valence-electron chi connectivity index (χ4n) is 3.62. The summed E-state index contributed by atoms with van der Waals surface area (Å²) in [6.07, 6.45) is 2.70. The summed E-state index contributed by atoms with van der Waals surface area (Å²) >= 11 is 1.65. The molecule has 1 saturated heterocycles. The first-order valence-corrected chi connectivity index (χ1v) is 9.56. The Morgan fingerprint density at radius 2 is 2.32 bits per heavy atom. The van der Waals surface area contributed by atoms with Crippen molar-refractivity contribution in [2.75, 3.05) is 6.54 Å². The molecule has 134 valence electrons. The standard InChI is InChI=1S/C19H24FN3OS/c1-13(24)21-18-7-4-8-23(11-17-12-25-14(2)22-17)19(18)10-15-5-3-6-16(20)9-15/h3,5-6,9,12,18-19H,4,7-8,10-11H2,1-2H3,(H,21,24)/t18-,19-/m0/s1. The predicted octanol–water partition coefficient (Wildman–Crippen LogP) is 3.30. The van der Waals surface area contributed by atoms with Gasteiger partial charge in [-0.25, -0.2) is 9.37 Å². The van der Waals surface area contributed by atoms with Crippen molar-refractivity contribution in [3.8, 4) is 0 Å². The molecule has 0 radical (unpaired) electrons. The average Bonchev–Trinajstić information content (AvgIpc) is 2.95. The summed E-state index contributed by atoms with van der Waals surface area (Å²) in [6, 6.07) is 6.97. The van der Waals surface area contributed by atoms with E-state index in [9.17, 15) is 9.18 Å². The number of halogens is 1. The van der Waals surface area contributed by atoms with Crippen LogP contribution in [0.3, 0.4) is 0 Å². The van der Waals surface area contributed by atoms with Crippen LogP contribution < -0.4 is 5.32 Å². The van der Waals surface area contributed by atoms with Crippen molar-refractivity contribution in [1.82, 2.24) is 15.2 Å². The van der Waals surface area contributed by atoms with Crippen LogP contribution in [0.4, 0.5) is 4.39 Å². The lowest BCUT2D eigenvalue weighted by Crippen LogP contribution is -2.55. The van der Waals surface area contributed by atoms with Gasteiger partial charge in [-0.05, 0) is 50.4 Å². The zero-order chi connectivity index (χ0) is 17.8. The third-order valence-corrected chi connectivity index (χ3v) is 5.47. The molecule has 3 rings (SSSR count). The molecule has 6 heteroatoms. The number of likely N-dealkylation sites (tertiary alicyclic amines) is 1. The van der Waals surface area contributed by atoms with E-state index < -0.39 is 0 Å². The number of amides is 1. The fourth-order valence-corrected chi connectivity index (χ4v) is 4.22. The minimum absolute atomic E-state index is 0.0133. The highest BCUT2D eigenvalue weighted by molar-refractivity contribution is 7.09. The van der Waals surface area contributed by atoms with E-state index in [4.69, 9.17) is 0 Å². The molecule has 1 fully saturated rings. The Bertz CT molecular complexity index is 733. The van der Waals surface area contributed by atoms with Crippen molar-refractivity contribution in [2.45, 2.75) is 51.7 Å². The zero-order valence-corrected chi connectivity index (χ0v) is 15.5. The third kappa shape index (κ3) is 4.86. The Morgan fingerprint density at radius 1 is 1.48 bits per heavy atom. The summed E-state index contributed by atoms with van der Waals surface area (Å²) in [6.45, 7) is 5.30. The molecule has 1 aliphatic heterocycles. The third-order valence-electron chi connectivity index (χ3n) is 4.65. The molecular formula is C19H24FN3OS. The Kier molecular flexibility index (Phi) is 5.81. The van der Waals surface area contributed by atoms with E-state index >= 15 is 0 Å². The van der Waals surface area contributed by atoms with E-state index in [1.165, 1.54) is 6.07 Å². The number of rotatable bonds is 5. The van der Waals surface area contributed by atoms with Crippen LogP contribution in [0.2, 0.25) is 0 Å². The molecule has 2 atom stereocenters. The topological polar surface area (TPSA) is 45.2 Å². The van der Waals surface area contributed by atoms with Gasteiger partial charge in [0.05, 0.1) is 10.7 Å². The van der Waals surface area contributed by atoms with Crippen LogP contribution >= 0.6 is 11.3 Å². The van der Waals surface area contributed by atoms with Crippen molar-refractivity contribution in [2.24, 2.45) is 0 Å². The van der Waals surface area contributed by atoms with Gasteiger partial charge in [0.2, 0.25) is 5.91 Å². The van der Waals surface area contributed by atoms with Crippen LogP contribution in [-0.4, -0.2) is 34.4 Å². The van der Waals surface area contributed by atoms with Gasteiger partial charge in [0, 0.05) is 30.9 Å². The molecule has 0 saturated carbocycles. The van der Waals surface area contributed by atoms with Crippen LogP contribution in [0.1, 0.15) is 36.0 Å². The zero-order valence-electron chi connectivity index (χ0n) is 14.7. The van der Waals surface area contributed by atoms with Gasteiger partial charge < -0.3 is 5.32 Å². The highest BCUT2D eigenvalue weighted by Gasteiger charge is 2.32. The Balaban J connectivity index is 1.81. The summed E-state index contributed by atoms with van der Waals surface area (Å²) < 4.78 is 13.6. The first kappa shape index (κ1) is 18.0. The Labute approximate surface area is 152 Å². The summed E-state index contributed by atoms with van der Waals surface area (Å²) in [5.41, 5.74) is 2.02. The van der Waals surface area contributed by atoms with E-state index in [0.29, 0.717) is 6.42 Å². The van der Waals surface area contributed by atoms with Crippen molar-refractivity contribution in [3.05, 3.63) is 51.7 Å². The van der Waals surface area contributed by atoms with E-state index in [2.05, 4.69) is 20.6 Å². The average molecular weight is 361 g/mol. The van der Waals surface area contributed by atoms with Gasteiger partial charge in [0.25, 0.3) is 0 Å². The van der Waals surface area contributed by atoms with E-state index in [0.717, 1.165) is 42.2 Å². The van der Waals surface area contributed by atoms with E-state index in [1.54, 1.807) is 30.4 Å². The van der Waals surface area contributed by atoms with Crippen molar-refractivity contribution in [3.63, 3.8) is 0 Å². The maximum atomic E-state index is 13.6. The Hall–Kier alpha value is -1.79. The molecule has 4 nitrogen and oxygen atoms in total. The van der Waals surface area contributed by atoms with E-state index in [1.807, 2.05) is 13.0 Å². The number of hydrogen-bond acceptors (Lipinski definition) is 4. The Morgan fingerprint density at radius 3 is 3.00 bits per heavy atom. The number of piperidine rings is 1. The molecule has 0 unspecified atom stereocenters. The minimum atomic E-state index is -0.217. The highest BCUT2D eigenvalue weighted by atomic mass is 32.1. The van der Waals surface area contributed by atoms with Gasteiger partial charge in [-0.2, -0.15) is 0 Å². The van der Waals surface area contributed by atoms with Gasteiger partial charge in [-0.3, -0.25) is 9.69 Å². The first-order valence-electron chi connectivity index (χ1n) is 8.68. The molecule has 25 heavy (non-hydrogen) atoms. The summed E-state index contributed by atoms with van der Waals surface area (Å²) in [7, 11) is 0. The van der Waals surface area contributed by atoms with Crippen molar-refractivity contribution < 1.29 is 9.18 Å². The number of benzene rings is 1. The molecule has 1 aliphatic rings. The van der Waals surface area contributed by atoms with Gasteiger partial charge in [0.15, 0.2) is 0 Å². The lowest BCUT2D eigenvalue weighted by Gasteiger charge is -2.41. The molecule has 2 heterocycles. The van der Waals surface area contributed by atoms with Gasteiger partial charge in [0.1, 0.15) is 5.82 Å². The largest absolute Gasteiger partial charge is 0.352 e. The fraction of sp³-hybridized carbons (Fsp3) is 0.474. The monoisotopic (exact) mass is 361 g/mol. The number of aryl methyl sites for hydroxylation is 1. The molecule has 1 aromatic carbocycles. The first-order chi connectivity index (χ1) is 12.0. The van der Waals surface area contributed by atoms with Crippen molar-refractivity contribution >= 4 is 17.2 Å². The maximum Gasteiger partial charge on any atom is 0.217 e. The van der Waals surface area contributed by atoms with Crippen LogP contribution in [0, 0.1) is 12.7 Å². The van der Waals surface area contributed by atoms with Crippen LogP contribution in [-0.2, 0) is 17.8 Å². The highest BCUT2D eigenvalue weighted by Crippen LogP contribution is 2.24. The van der Waals surface area contributed by atoms with Crippen LogP contribution in [0.15, 0.2) is 29.6 Å². The number of nitrogens with one attached hydrogen (secondary N) is 1. The second-order valence-electron chi connectivity index (χ2n) is 6.68. The number of nitrogens with zero attached hydrogens (tertiary/aromatic N) is 2. The molecule has 1 N–H and O–H groups in total. The summed E-state index contributed by atoms with van der Waals surface area (Å²) in [5.74, 6) is -0.230. The smallest absolute Gasteiger partial charge is 0.217 e. The van der Waals surface area contributed by atoms with Gasteiger partial charge in [-0.1, -0.05) is 12.1 Å². The summed E-state index contributed by atoms with van der Waals surface area (Å²) in [4.78, 5) is 18.6. The predicted molar refractivity (Wildman–Crippen MR) is 98.0 cm³/mol. The second kappa shape index (κ2) is 8.06. The maximum absolute atomic E-state index is 13.6. The molecule has 0 bridgehead atoms. The molecule has 1 aromatic heterocycles. The number of carbonyl (C=O) groups is 1. The summed E-state index contributed by atoms with van der Waals surface area (Å²) in [5, 5.41) is 6.25. The minimum Gasteiger partial charge on any atom is -0.352 e. The van der Waals surface area contributed by atoms with Crippen LogP contribution in [0.5, 0.6) is 0 Å². The second-order valence-corrected chi connectivity index (χ2v) is 7.74. The van der Waals surface area contributed by atoms with E-state index in [-0.39, 0.29) is 23.8 Å². The molecule has 1 amide bonds. The number of hydrogen-bond donors (Lipinski definition) is 1. The molecule has 0 aliphatic carbocycles. The molecule has 0 spiro atoms.